The molecule has 4 nitrogen and oxygen atoms in total. The third-order valence-corrected chi connectivity index (χ3v) is 5.34. The molecule has 4 aromatic rings. The van der Waals surface area contributed by atoms with E-state index in [9.17, 15) is 15.8 Å². The molecule has 0 spiro atoms. The summed E-state index contributed by atoms with van der Waals surface area (Å²) in [4.78, 5) is 0. The minimum atomic E-state index is 0.375. The molecule has 0 aromatic heterocycles. The van der Waals surface area contributed by atoms with Crippen LogP contribution in [-0.2, 0) is 0 Å². The van der Waals surface area contributed by atoms with Crippen molar-refractivity contribution in [1.82, 2.24) is 0 Å². The largest absolute Gasteiger partial charge is 0.192 e. The van der Waals surface area contributed by atoms with Gasteiger partial charge in [0.15, 0.2) is 0 Å². The molecule has 0 atom stereocenters. The molecule has 0 radical (unpaired) electrons. The summed E-state index contributed by atoms with van der Waals surface area (Å²) in [5.74, 6) is 18.0. The summed E-state index contributed by atoms with van der Waals surface area (Å²) >= 11 is 0. The van der Waals surface area contributed by atoms with Crippen molar-refractivity contribution >= 4 is 0 Å². The third kappa shape index (κ3) is 5.95. The topological polar surface area (TPSA) is 95.2 Å². The molecule has 0 fully saturated rings. The van der Waals surface area contributed by atoms with Gasteiger partial charge in [-0.1, -0.05) is 53.7 Å². The van der Waals surface area contributed by atoms with Gasteiger partial charge in [0, 0.05) is 33.4 Å². The van der Waals surface area contributed by atoms with Crippen LogP contribution in [0.4, 0.5) is 0 Å². The Balaban J connectivity index is 1.59. The monoisotopic (exact) mass is 478 g/mol. The van der Waals surface area contributed by atoms with Gasteiger partial charge in [-0.2, -0.15) is 21.0 Å². The first-order valence-corrected chi connectivity index (χ1v) is 11.3. The van der Waals surface area contributed by atoms with Gasteiger partial charge in [0.05, 0.1) is 28.3 Å². The Hall–Kier alpha value is -6.48. The molecule has 4 rings (SSSR count). The van der Waals surface area contributed by atoms with Gasteiger partial charge in [-0.15, -0.1) is 0 Å². The highest BCUT2D eigenvalue weighted by Crippen LogP contribution is 2.14. The van der Waals surface area contributed by atoms with Crippen molar-refractivity contribution in [2.75, 3.05) is 0 Å². The van der Waals surface area contributed by atoms with Crippen LogP contribution in [-0.4, -0.2) is 0 Å². The Labute approximate surface area is 221 Å². The molecule has 4 heteroatoms. The minimum absolute atomic E-state index is 0.375. The third-order valence-electron chi connectivity index (χ3n) is 5.34. The van der Waals surface area contributed by atoms with Gasteiger partial charge in [0.2, 0.25) is 0 Å². The van der Waals surface area contributed by atoms with Crippen molar-refractivity contribution in [3.05, 3.63) is 141 Å². The number of nitrogens with zero attached hydrogens (tertiary/aromatic N) is 4. The first-order valence-electron chi connectivity index (χ1n) is 11.3. The molecule has 0 aliphatic rings. The van der Waals surface area contributed by atoms with Crippen molar-refractivity contribution in [3.63, 3.8) is 0 Å². The van der Waals surface area contributed by atoms with E-state index in [0.29, 0.717) is 55.6 Å². The summed E-state index contributed by atoms with van der Waals surface area (Å²) in [6, 6.07) is 32.8. The summed E-state index contributed by atoms with van der Waals surface area (Å²) in [6.45, 7) is 0. The van der Waals surface area contributed by atoms with E-state index in [1.54, 1.807) is 78.9 Å². The summed E-state index contributed by atoms with van der Waals surface area (Å²) < 4.78 is 0. The van der Waals surface area contributed by atoms with Gasteiger partial charge in [0.25, 0.3) is 0 Å². The average Bonchev–Trinajstić information content (AvgIpc) is 2.98. The SMILES string of the molecule is N#Cc1cccc(C#Cc2ccc(C#Cc3ccc(C#Cc4ccccc4C#N)cc3C#N)cc2C#N)c1. The van der Waals surface area contributed by atoms with Crippen LogP contribution in [0.25, 0.3) is 0 Å². The fourth-order valence-electron chi connectivity index (χ4n) is 3.42. The standard InChI is InChI=1S/C34H14N4/c35-21-28-5-3-4-25(18-28)8-14-30-15-11-27(20-33(30)23-37)12-17-31-16-10-26(19-34(31)24-38)9-13-29-6-1-2-7-32(29)22-36/h1-7,10-11,15-16,18-20H. The predicted molar refractivity (Wildman–Crippen MR) is 143 cm³/mol. The number of benzene rings is 4. The van der Waals surface area contributed by atoms with E-state index in [-0.39, 0.29) is 0 Å². The summed E-state index contributed by atoms with van der Waals surface area (Å²) in [7, 11) is 0. The van der Waals surface area contributed by atoms with Gasteiger partial charge >= 0.3 is 0 Å². The van der Waals surface area contributed by atoms with Gasteiger partial charge < -0.3 is 0 Å². The lowest BCUT2D eigenvalue weighted by atomic mass is 10.0. The van der Waals surface area contributed by atoms with Crippen LogP contribution >= 0.6 is 0 Å². The molecule has 4 aromatic carbocycles. The summed E-state index contributed by atoms with van der Waals surface area (Å²) in [6.07, 6.45) is 0. The second-order valence-electron chi connectivity index (χ2n) is 7.84. The van der Waals surface area contributed by atoms with E-state index in [1.165, 1.54) is 0 Å². The maximum atomic E-state index is 9.63. The van der Waals surface area contributed by atoms with E-state index < -0.39 is 0 Å². The van der Waals surface area contributed by atoms with Crippen LogP contribution in [0, 0.1) is 80.8 Å². The zero-order valence-corrected chi connectivity index (χ0v) is 19.9. The maximum absolute atomic E-state index is 9.63. The Morgan fingerprint density at radius 2 is 0.763 bits per heavy atom. The van der Waals surface area contributed by atoms with E-state index in [1.807, 2.05) is 6.07 Å². The lowest BCUT2D eigenvalue weighted by Gasteiger charge is -1.99. The highest BCUT2D eigenvalue weighted by Gasteiger charge is 2.03. The Bertz CT molecular complexity index is 1930. The van der Waals surface area contributed by atoms with Crippen LogP contribution in [0.15, 0.2) is 84.9 Å². The number of hydrogen-bond donors (Lipinski definition) is 0. The molecule has 0 bridgehead atoms. The zero-order valence-electron chi connectivity index (χ0n) is 19.9. The summed E-state index contributed by atoms with van der Waals surface area (Å²) in [5.41, 5.74) is 5.40. The second kappa shape index (κ2) is 11.8. The fourth-order valence-corrected chi connectivity index (χ4v) is 3.42. The van der Waals surface area contributed by atoms with Gasteiger partial charge in [-0.05, 0) is 66.7 Å². The Morgan fingerprint density at radius 1 is 0.316 bits per heavy atom. The lowest BCUT2D eigenvalue weighted by Crippen LogP contribution is -1.88. The fraction of sp³-hybridized carbons (Fsp3) is 0. The number of hydrogen-bond acceptors (Lipinski definition) is 4. The highest BCUT2D eigenvalue weighted by atomic mass is 14.3. The van der Waals surface area contributed by atoms with Crippen LogP contribution in [0.2, 0.25) is 0 Å². The van der Waals surface area contributed by atoms with Crippen LogP contribution < -0.4 is 0 Å². The normalized spacial score (nSPS) is 8.84. The molecular weight excluding hydrogens is 464 g/mol. The number of rotatable bonds is 0. The Kier molecular flexibility index (Phi) is 7.64. The molecule has 0 N–H and O–H groups in total. The molecular formula is C34H14N4. The van der Waals surface area contributed by atoms with Gasteiger partial charge in [0.1, 0.15) is 18.2 Å². The Morgan fingerprint density at radius 3 is 1.26 bits per heavy atom. The van der Waals surface area contributed by atoms with Crippen molar-refractivity contribution in [1.29, 1.82) is 21.0 Å². The van der Waals surface area contributed by atoms with E-state index in [2.05, 4.69) is 59.8 Å². The van der Waals surface area contributed by atoms with Crippen LogP contribution in [0.1, 0.15) is 55.6 Å². The van der Waals surface area contributed by atoms with Crippen LogP contribution in [0.3, 0.4) is 0 Å². The maximum Gasteiger partial charge on any atom is 0.100 e. The van der Waals surface area contributed by atoms with Gasteiger partial charge in [-0.25, -0.2) is 0 Å². The van der Waals surface area contributed by atoms with Gasteiger partial charge in [-0.3, -0.25) is 0 Å². The van der Waals surface area contributed by atoms with E-state index in [0.717, 1.165) is 0 Å². The van der Waals surface area contributed by atoms with Crippen molar-refractivity contribution in [3.8, 4) is 59.8 Å². The quantitative estimate of drug-likeness (QED) is 0.317. The average molecular weight is 479 g/mol. The predicted octanol–water partition coefficient (Wildman–Crippen LogP) is 5.37. The molecule has 0 aliphatic carbocycles. The highest BCUT2D eigenvalue weighted by molar-refractivity contribution is 5.59. The molecule has 0 aliphatic heterocycles. The first kappa shape index (κ1) is 24.6. The lowest BCUT2D eigenvalue weighted by molar-refractivity contribution is 1.45. The molecule has 0 heterocycles. The van der Waals surface area contributed by atoms with Crippen LogP contribution in [0.5, 0.6) is 0 Å². The van der Waals surface area contributed by atoms with Crippen molar-refractivity contribution in [2.24, 2.45) is 0 Å². The molecule has 0 amide bonds. The minimum Gasteiger partial charge on any atom is -0.192 e. The number of nitriles is 4. The van der Waals surface area contributed by atoms with Crippen molar-refractivity contribution in [2.45, 2.75) is 0 Å². The van der Waals surface area contributed by atoms with Crippen molar-refractivity contribution < 1.29 is 0 Å². The second-order valence-corrected chi connectivity index (χ2v) is 7.84. The molecule has 0 saturated heterocycles. The smallest absolute Gasteiger partial charge is 0.100 e. The molecule has 0 saturated carbocycles. The van der Waals surface area contributed by atoms with E-state index >= 15 is 0 Å². The molecule has 38 heavy (non-hydrogen) atoms. The van der Waals surface area contributed by atoms with E-state index in [4.69, 9.17) is 5.26 Å². The summed E-state index contributed by atoms with van der Waals surface area (Å²) in [5, 5.41) is 37.5. The first-order chi connectivity index (χ1) is 18.6. The zero-order chi connectivity index (χ0) is 26.7. The molecule has 170 valence electrons. The molecule has 0 unspecified atom stereocenters.